The first-order chi connectivity index (χ1) is 18.9. The molecule has 1 saturated heterocycles. The van der Waals surface area contributed by atoms with Crippen molar-refractivity contribution in [2.75, 3.05) is 45.0 Å². The topological polar surface area (TPSA) is 144 Å². The molecule has 1 aliphatic rings. The zero-order valence-corrected chi connectivity index (χ0v) is 21.6. The predicted molar refractivity (Wildman–Crippen MR) is 144 cm³/mol. The summed E-state index contributed by atoms with van der Waals surface area (Å²) in [7, 11) is 3.03. The first-order valence-corrected chi connectivity index (χ1v) is 12.5. The number of halogens is 1. The van der Waals surface area contributed by atoms with Gasteiger partial charge in [-0.25, -0.2) is 24.3 Å². The largest absolute Gasteiger partial charge is 0.493 e. The van der Waals surface area contributed by atoms with Gasteiger partial charge in [0.15, 0.2) is 11.6 Å². The van der Waals surface area contributed by atoms with Crippen molar-refractivity contribution in [3.63, 3.8) is 0 Å². The molecule has 5 rings (SSSR count). The molecular weight excluding hydrogens is 503 g/mol. The minimum atomic E-state index is -0.338. The van der Waals surface area contributed by atoms with E-state index in [0.717, 1.165) is 12.8 Å². The van der Waals surface area contributed by atoms with E-state index in [4.69, 9.17) is 25.2 Å². The van der Waals surface area contributed by atoms with Gasteiger partial charge in [0.05, 0.1) is 18.5 Å². The molecule has 0 saturated carbocycles. The lowest BCUT2D eigenvalue weighted by Gasteiger charge is -2.33. The Bertz CT molecular complexity index is 1460. The number of ether oxygens (including phenoxy) is 2. The first-order valence-electron chi connectivity index (χ1n) is 12.5. The number of methoxy groups -OCH3 is 2. The maximum Gasteiger partial charge on any atom is 0.248 e. The summed E-state index contributed by atoms with van der Waals surface area (Å²) in [6.45, 7) is 1.29. The Kier molecular flexibility index (Phi) is 7.64. The van der Waals surface area contributed by atoms with Crippen molar-refractivity contribution < 1.29 is 18.7 Å². The molecule has 1 amide bonds. The van der Waals surface area contributed by atoms with Gasteiger partial charge in [-0.05, 0) is 49.2 Å². The average Bonchev–Trinajstić information content (AvgIpc) is 3.40. The van der Waals surface area contributed by atoms with Gasteiger partial charge in [-0.2, -0.15) is 0 Å². The third kappa shape index (κ3) is 5.80. The fourth-order valence-electron chi connectivity index (χ4n) is 4.55. The summed E-state index contributed by atoms with van der Waals surface area (Å²) in [6.07, 6.45) is 5.01. The molecule has 1 aliphatic heterocycles. The van der Waals surface area contributed by atoms with Gasteiger partial charge in [0, 0.05) is 49.8 Å². The Morgan fingerprint density at radius 3 is 2.77 bits per heavy atom. The molecule has 1 atom stereocenters. The lowest BCUT2D eigenvalue weighted by Crippen LogP contribution is -2.46. The van der Waals surface area contributed by atoms with E-state index < -0.39 is 0 Å². The average molecular weight is 533 g/mol. The van der Waals surface area contributed by atoms with Crippen LogP contribution in [0.25, 0.3) is 34.0 Å². The number of hydrogen-bond donors (Lipinski definition) is 3. The number of piperidine rings is 1. The van der Waals surface area contributed by atoms with Crippen molar-refractivity contribution in [2.45, 2.75) is 18.9 Å². The normalized spacial score (nSPS) is 15.3. The minimum absolute atomic E-state index is 0.00335. The highest BCUT2D eigenvalue weighted by atomic mass is 19.1. The van der Waals surface area contributed by atoms with Gasteiger partial charge in [0.1, 0.15) is 23.9 Å². The van der Waals surface area contributed by atoms with Crippen LogP contribution in [0, 0.1) is 5.82 Å². The number of imidazole rings is 1. The summed E-state index contributed by atoms with van der Waals surface area (Å²) >= 11 is 0. The third-order valence-corrected chi connectivity index (χ3v) is 6.48. The highest BCUT2D eigenvalue weighted by Gasteiger charge is 2.24. The SMILES string of the molecule is COCC(=O)N1CCC[C@@H](Nc2nccc(-c3[nH]c(-c4ccc(F)cc4)nc3-c3cnc(N)c(OC)c3)n2)C1. The molecule has 12 heteroatoms. The minimum Gasteiger partial charge on any atom is -0.493 e. The van der Waals surface area contributed by atoms with Crippen LogP contribution in [0.4, 0.5) is 16.2 Å². The molecule has 0 aliphatic carbocycles. The predicted octanol–water partition coefficient (Wildman–Crippen LogP) is 3.37. The van der Waals surface area contributed by atoms with E-state index in [9.17, 15) is 9.18 Å². The smallest absolute Gasteiger partial charge is 0.248 e. The van der Waals surface area contributed by atoms with Crippen molar-refractivity contribution in [1.29, 1.82) is 0 Å². The highest BCUT2D eigenvalue weighted by molar-refractivity contribution is 5.81. The molecule has 202 valence electrons. The van der Waals surface area contributed by atoms with E-state index in [0.29, 0.717) is 58.8 Å². The van der Waals surface area contributed by atoms with Crippen LogP contribution >= 0.6 is 0 Å². The molecule has 0 bridgehead atoms. The number of pyridine rings is 1. The zero-order chi connectivity index (χ0) is 27.4. The number of hydrogen-bond acceptors (Lipinski definition) is 9. The van der Waals surface area contributed by atoms with Crippen molar-refractivity contribution in [3.8, 4) is 39.8 Å². The summed E-state index contributed by atoms with van der Waals surface area (Å²) < 4.78 is 23.9. The molecule has 4 heterocycles. The Morgan fingerprint density at radius 2 is 2.00 bits per heavy atom. The number of nitrogens with zero attached hydrogens (tertiary/aromatic N) is 5. The molecule has 0 unspecified atom stereocenters. The number of carbonyl (C=O) groups excluding carboxylic acids is 1. The Morgan fingerprint density at radius 1 is 1.18 bits per heavy atom. The highest BCUT2D eigenvalue weighted by Crippen LogP contribution is 2.34. The number of benzene rings is 1. The van der Waals surface area contributed by atoms with E-state index in [1.54, 1.807) is 41.6 Å². The van der Waals surface area contributed by atoms with Gasteiger partial charge in [0.25, 0.3) is 0 Å². The van der Waals surface area contributed by atoms with E-state index in [1.807, 2.05) is 0 Å². The number of nitrogens with two attached hydrogens (primary N) is 1. The number of nitrogens with one attached hydrogen (secondary N) is 2. The van der Waals surface area contributed by atoms with Crippen LogP contribution in [-0.2, 0) is 9.53 Å². The van der Waals surface area contributed by atoms with Crippen LogP contribution < -0.4 is 15.8 Å². The molecule has 39 heavy (non-hydrogen) atoms. The van der Waals surface area contributed by atoms with E-state index in [1.165, 1.54) is 26.4 Å². The Labute approximate surface area is 224 Å². The van der Waals surface area contributed by atoms with Gasteiger partial charge >= 0.3 is 0 Å². The molecule has 3 aromatic heterocycles. The van der Waals surface area contributed by atoms with Crippen LogP contribution in [0.5, 0.6) is 5.75 Å². The molecule has 11 nitrogen and oxygen atoms in total. The number of nitrogen functional groups attached to an aromatic ring is 1. The van der Waals surface area contributed by atoms with Gasteiger partial charge in [-0.15, -0.1) is 0 Å². The third-order valence-electron chi connectivity index (χ3n) is 6.48. The second-order valence-electron chi connectivity index (χ2n) is 9.15. The summed E-state index contributed by atoms with van der Waals surface area (Å²) in [6, 6.07) is 9.58. The summed E-state index contributed by atoms with van der Waals surface area (Å²) in [5.74, 6) is 1.26. The van der Waals surface area contributed by atoms with Crippen LogP contribution in [0.1, 0.15) is 12.8 Å². The fraction of sp³-hybridized carbons (Fsp3) is 0.296. The van der Waals surface area contributed by atoms with Crippen LogP contribution in [-0.4, -0.2) is 75.7 Å². The van der Waals surface area contributed by atoms with Gasteiger partial charge in [-0.3, -0.25) is 4.79 Å². The van der Waals surface area contributed by atoms with Crippen molar-refractivity contribution in [3.05, 3.63) is 54.6 Å². The monoisotopic (exact) mass is 532 g/mol. The molecule has 0 radical (unpaired) electrons. The van der Waals surface area contributed by atoms with Crippen molar-refractivity contribution in [1.82, 2.24) is 29.8 Å². The summed E-state index contributed by atoms with van der Waals surface area (Å²) in [5.41, 5.74) is 9.07. The maximum atomic E-state index is 13.6. The van der Waals surface area contributed by atoms with Crippen LogP contribution in [0.3, 0.4) is 0 Å². The molecule has 4 N–H and O–H groups in total. The molecule has 4 aromatic rings. The second kappa shape index (κ2) is 11.4. The quantitative estimate of drug-likeness (QED) is 0.311. The number of anilines is 2. The zero-order valence-electron chi connectivity index (χ0n) is 21.6. The van der Waals surface area contributed by atoms with E-state index in [-0.39, 0.29) is 30.2 Å². The maximum absolute atomic E-state index is 13.6. The first kappa shape index (κ1) is 26.0. The number of carbonyl (C=O) groups is 1. The number of H-pyrrole nitrogens is 1. The number of aromatic amines is 1. The van der Waals surface area contributed by atoms with E-state index in [2.05, 4.69) is 20.3 Å². The summed E-state index contributed by atoms with van der Waals surface area (Å²) in [5, 5.41) is 3.37. The van der Waals surface area contributed by atoms with Crippen LogP contribution in [0.2, 0.25) is 0 Å². The van der Waals surface area contributed by atoms with Gasteiger partial charge in [0.2, 0.25) is 11.9 Å². The second-order valence-corrected chi connectivity index (χ2v) is 9.15. The molecule has 1 aromatic carbocycles. The van der Waals surface area contributed by atoms with Gasteiger partial charge in [-0.1, -0.05) is 0 Å². The number of rotatable bonds is 8. The van der Waals surface area contributed by atoms with Crippen LogP contribution in [0.15, 0.2) is 48.8 Å². The van der Waals surface area contributed by atoms with E-state index >= 15 is 0 Å². The van der Waals surface area contributed by atoms with Gasteiger partial charge < -0.3 is 30.4 Å². The van der Waals surface area contributed by atoms with Crippen molar-refractivity contribution >= 4 is 17.7 Å². The Hall–Kier alpha value is -4.58. The molecular formula is C27H29FN8O3. The lowest BCUT2D eigenvalue weighted by atomic mass is 10.1. The summed E-state index contributed by atoms with van der Waals surface area (Å²) in [4.78, 5) is 35.6. The fourth-order valence-corrected chi connectivity index (χ4v) is 4.55. The molecule has 0 spiro atoms. The van der Waals surface area contributed by atoms with Crippen molar-refractivity contribution in [2.24, 2.45) is 0 Å². The number of likely N-dealkylation sites (tertiary alicyclic amines) is 1. The lowest BCUT2D eigenvalue weighted by molar-refractivity contribution is -0.136. The number of amides is 1. The standard InChI is InChI=1S/C27H29FN8O3/c1-38-15-22(37)36-11-3-4-19(14-36)32-27-30-10-9-20(33-27)24-23(17-12-21(39-2)25(29)31-13-17)34-26(35-24)16-5-7-18(28)8-6-16/h5-10,12-13,19H,3-4,11,14-15H2,1-2H3,(H2,29,31)(H,34,35)(H,30,32,33)/t19-/m1/s1. The molecule has 1 fully saturated rings. The number of aromatic nitrogens is 5. The Balaban J connectivity index is 1.48.